The second-order valence-electron chi connectivity index (χ2n) is 7.43. The minimum absolute atomic E-state index is 0.750. The van der Waals surface area contributed by atoms with E-state index in [2.05, 4.69) is 31.2 Å². The summed E-state index contributed by atoms with van der Waals surface area (Å²) in [5.74, 6) is -2.99. The quantitative estimate of drug-likeness (QED) is 0.515. The SMILES string of the molecule is CCCC[N+]1(CCCc2cccc(OCC)c2)CCCCC1.O=C([O-])C(=O)O. The predicted molar refractivity (Wildman–Crippen MR) is 107 cm³/mol. The number of hydrogen-bond donors (Lipinski definition) is 1. The number of unbranched alkanes of at least 4 members (excludes halogenated alkanes) is 1. The molecule has 1 fully saturated rings. The summed E-state index contributed by atoms with van der Waals surface area (Å²) in [5, 5.41) is 16.3. The number of ether oxygens (including phenoxy) is 1. The van der Waals surface area contributed by atoms with Crippen molar-refractivity contribution >= 4 is 11.9 Å². The Kier molecular flexibility index (Phi) is 11.3. The lowest BCUT2D eigenvalue weighted by Crippen LogP contribution is -2.52. The van der Waals surface area contributed by atoms with Crippen LogP contribution < -0.4 is 9.84 Å². The molecule has 2 rings (SSSR count). The highest BCUT2D eigenvalue weighted by Crippen LogP contribution is 2.22. The molecule has 0 radical (unpaired) electrons. The van der Waals surface area contributed by atoms with Crippen LogP contribution >= 0.6 is 0 Å². The highest BCUT2D eigenvalue weighted by molar-refractivity contribution is 6.26. The summed E-state index contributed by atoms with van der Waals surface area (Å²) in [7, 11) is 0. The Hall–Kier alpha value is -2.08. The number of hydrogen-bond acceptors (Lipinski definition) is 4. The summed E-state index contributed by atoms with van der Waals surface area (Å²) < 4.78 is 7.00. The highest BCUT2D eigenvalue weighted by Gasteiger charge is 2.28. The first kappa shape index (κ1) is 24.0. The molecule has 0 atom stereocenters. The number of aliphatic carboxylic acids is 2. The summed E-state index contributed by atoms with van der Waals surface area (Å²) in [5.41, 5.74) is 1.43. The third kappa shape index (κ3) is 9.22. The monoisotopic (exact) mass is 393 g/mol. The number of benzene rings is 1. The zero-order valence-electron chi connectivity index (χ0n) is 17.3. The summed E-state index contributed by atoms with van der Waals surface area (Å²) in [6.45, 7) is 10.7. The Labute approximate surface area is 168 Å². The minimum Gasteiger partial charge on any atom is -0.539 e. The van der Waals surface area contributed by atoms with Crippen molar-refractivity contribution in [3.05, 3.63) is 29.8 Å². The van der Waals surface area contributed by atoms with Gasteiger partial charge in [-0.25, -0.2) is 4.79 Å². The fourth-order valence-corrected chi connectivity index (χ4v) is 3.81. The molecule has 1 aliphatic heterocycles. The second kappa shape index (κ2) is 13.2. The van der Waals surface area contributed by atoms with E-state index in [9.17, 15) is 0 Å². The Morgan fingerprint density at radius 1 is 1.11 bits per heavy atom. The lowest BCUT2D eigenvalue weighted by molar-refractivity contribution is -0.932. The number of likely N-dealkylation sites (tertiary alicyclic amines) is 1. The molecule has 1 aromatic rings. The van der Waals surface area contributed by atoms with Gasteiger partial charge in [-0.3, -0.25) is 0 Å². The van der Waals surface area contributed by atoms with E-state index in [1.807, 2.05) is 6.92 Å². The molecule has 6 nitrogen and oxygen atoms in total. The van der Waals surface area contributed by atoms with E-state index in [-0.39, 0.29) is 0 Å². The van der Waals surface area contributed by atoms with Crippen LogP contribution in [0.5, 0.6) is 5.75 Å². The van der Waals surface area contributed by atoms with Gasteiger partial charge in [-0.05, 0) is 56.7 Å². The standard InChI is InChI=1S/C20H34NO.C2H2O4/c1-3-5-14-21(15-7-6-8-16-21)17-10-12-19-11-9-13-20(18-19)22-4-2;3-1(4)2(5)6/h9,11,13,18H,3-8,10,12,14-17H2,1-2H3;(H,3,4)(H,5,6)/q+1;/p-1. The average Bonchev–Trinajstić information content (AvgIpc) is 2.68. The van der Waals surface area contributed by atoms with Crippen LogP contribution in [0.15, 0.2) is 24.3 Å². The van der Waals surface area contributed by atoms with Crippen molar-refractivity contribution in [2.45, 2.75) is 58.8 Å². The molecule has 1 aliphatic rings. The molecule has 0 amide bonds. The number of aryl methyl sites for hydroxylation is 1. The van der Waals surface area contributed by atoms with Crippen molar-refractivity contribution in [1.29, 1.82) is 0 Å². The van der Waals surface area contributed by atoms with E-state index in [4.69, 9.17) is 24.5 Å². The highest BCUT2D eigenvalue weighted by atomic mass is 16.5. The van der Waals surface area contributed by atoms with Crippen molar-refractivity contribution in [1.82, 2.24) is 0 Å². The number of rotatable bonds is 9. The van der Waals surface area contributed by atoms with Crippen LogP contribution in [-0.2, 0) is 16.0 Å². The van der Waals surface area contributed by atoms with Crippen LogP contribution in [0.2, 0.25) is 0 Å². The van der Waals surface area contributed by atoms with Gasteiger partial charge in [-0.1, -0.05) is 25.5 Å². The smallest absolute Gasteiger partial charge is 0.351 e. The first-order valence-electron chi connectivity index (χ1n) is 10.4. The molecular formula is C22H35NO5. The van der Waals surface area contributed by atoms with Crippen LogP contribution in [0.4, 0.5) is 0 Å². The number of carboxylic acids is 2. The van der Waals surface area contributed by atoms with E-state index in [1.165, 1.54) is 81.2 Å². The van der Waals surface area contributed by atoms with Crippen molar-refractivity contribution in [2.24, 2.45) is 0 Å². The zero-order valence-corrected chi connectivity index (χ0v) is 17.3. The van der Waals surface area contributed by atoms with Crippen molar-refractivity contribution in [2.75, 3.05) is 32.8 Å². The Morgan fingerprint density at radius 2 is 1.75 bits per heavy atom. The fraction of sp³-hybridized carbons (Fsp3) is 0.636. The zero-order chi connectivity index (χ0) is 20.8. The summed E-state index contributed by atoms with van der Waals surface area (Å²) in [4.78, 5) is 18.0. The number of piperidine rings is 1. The van der Waals surface area contributed by atoms with Gasteiger partial charge in [0, 0.05) is 6.42 Å². The molecule has 0 aromatic heterocycles. The number of carbonyl (C=O) groups excluding carboxylic acids is 1. The molecule has 1 aromatic carbocycles. The third-order valence-corrected chi connectivity index (χ3v) is 5.23. The van der Waals surface area contributed by atoms with Gasteiger partial charge >= 0.3 is 5.97 Å². The van der Waals surface area contributed by atoms with Gasteiger partial charge in [-0.2, -0.15) is 0 Å². The van der Waals surface area contributed by atoms with E-state index in [1.54, 1.807) is 0 Å². The maximum Gasteiger partial charge on any atom is 0.351 e. The van der Waals surface area contributed by atoms with Gasteiger partial charge < -0.3 is 24.2 Å². The fourth-order valence-electron chi connectivity index (χ4n) is 3.81. The van der Waals surface area contributed by atoms with E-state index in [0.29, 0.717) is 0 Å². The van der Waals surface area contributed by atoms with Crippen LogP contribution in [0, 0.1) is 0 Å². The van der Waals surface area contributed by atoms with Crippen molar-refractivity contribution in [3.8, 4) is 5.75 Å². The largest absolute Gasteiger partial charge is 0.539 e. The van der Waals surface area contributed by atoms with Gasteiger partial charge in [0.25, 0.3) is 0 Å². The second-order valence-corrected chi connectivity index (χ2v) is 7.43. The number of carboxylic acid groups (broad SMARTS) is 2. The predicted octanol–water partition coefficient (Wildman–Crippen LogP) is 2.64. The van der Waals surface area contributed by atoms with Crippen LogP contribution in [0.1, 0.15) is 57.9 Å². The molecular weight excluding hydrogens is 358 g/mol. The molecule has 1 N–H and O–H groups in total. The molecule has 1 heterocycles. The summed E-state index contributed by atoms with van der Waals surface area (Å²) in [6, 6.07) is 8.65. The van der Waals surface area contributed by atoms with E-state index in [0.717, 1.165) is 12.4 Å². The maximum atomic E-state index is 9.04. The average molecular weight is 394 g/mol. The first-order chi connectivity index (χ1) is 13.4. The minimum atomic E-state index is -2.07. The summed E-state index contributed by atoms with van der Waals surface area (Å²) >= 11 is 0. The molecule has 0 aliphatic carbocycles. The number of nitrogens with zero attached hydrogens (tertiary/aromatic N) is 1. The van der Waals surface area contributed by atoms with Crippen molar-refractivity contribution < 1.29 is 29.0 Å². The molecule has 0 unspecified atom stereocenters. The van der Waals surface area contributed by atoms with Gasteiger partial charge in [0.2, 0.25) is 0 Å². The molecule has 1 saturated heterocycles. The Balaban J connectivity index is 0.000000568. The molecule has 28 heavy (non-hydrogen) atoms. The van der Waals surface area contributed by atoms with Crippen LogP contribution in [-0.4, -0.2) is 54.3 Å². The van der Waals surface area contributed by atoms with E-state index < -0.39 is 11.9 Å². The Morgan fingerprint density at radius 3 is 2.32 bits per heavy atom. The molecule has 0 bridgehead atoms. The van der Waals surface area contributed by atoms with Gasteiger partial charge in [0.15, 0.2) is 5.97 Å². The number of quaternary nitrogens is 1. The molecule has 0 saturated carbocycles. The lowest BCUT2D eigenvalue weighted by Gasteiger charge is -2.42. The third-order valence-electron chi connectivity index (χ3n) is 5.23. The van der Waals surface area contributed by atoms with Crippen LogP contribution in [0.25, 0.3) is 0 Å². The topological polar surface area (TPSA) is 86.7 Å². The summed E-state index contributed by atoms with van der Waals surface area (Å²) in [6.07, 6.45) is 9.53. The Bertz CT molecular complexity index is 584. The molecule has 6 heteroatoms. The first-order valence-corrected chi connectivity index (χ1v) is 10.4. The van der Waals surface area contributed by atoms with Gasteiger partial charge in [0.1, 0.15) is 5.75 Å². The van der Waals surface area contributed by atoms with Gasteiger partial charge in [-0.15, -0.1) is 0 Å². The molecule has 158 valence electrons. The number of carbonyl (C=O) groups is 2. The maximum absolute atomic E-state index is 9.04. The van der Waals surface area contributed by atoms with Crippen molar-refractivity contribution in [3.63, 3.8) is 0 Å². The normalized spacial score (nSPS) is 15.2. The lowest BCUT2D eigenvalue weighted by atomic mass is 10.0. The van der Waals surface area contributed by atoms with Gasteiger partial charge in [0.05, 0.1) is 32.8 Å². The molecule has 0 spiro atoms. The van der Waals surface area contributed by atoms with Crippen LogP contribution in [0.3, 0.4) is 0 Å². The van der Waals surface area contributed by atoms with E-state index >= 15 is 0 Å².